The standard InChI is InChI=1S/C17H20FNO/c1-17(2,3)13-5-7-14(8-6-13)19-11-12-4-9-16(20)15(18)10-12/h4-10,19-20H,11H2,1-3H3. The first kappa shape index (κ1) is 14.4. The highest BCUT2D eigenvalue weighted by Gasteiger charge is 2.12. The summed E-state index contributed by atoms with van der Waals surface area (Å²) in [5.74, 6) is -0.907. The topological polar surface area (TPSA) is 32.3 Å². The van der Waals surface area contributed by atoms with E-state index in [4.69, 9.17) is 5.11 Å². The van der Waals surface area contributed by atoms with Crippen LogP contribution in [0.3, 0.4) is 0 Å². The van der Waals surface area contributed by atoms with Gasteiger partial charge in [-0.05, 0) is 40.8 Å². The van der Waals surface area contributed by atoms with Gasteiger partial charge in [-0.15, -0.1) is 0 Å². The fourth-order valence-electron chi connectivity index (χ4n) is 1.95. The number of rotatable bonds is 3. The molecular formula is C17H20FNO. The Balaban J connectivity index is 2.02. The molecule has 0 unspecified atom stereocenters. The fraction of sp³-hybridized carbons (Fsp3) is 0.294. The number of halogens is 1. The lowest BCUT2D eigenvalue weighted by Crippen LogP contribution is -2.10. The van der Waals surface area contributed by atoms with Crippen molar-refractivity contribution in [3.05, 3.63) is 59.4 Å². The lowest BCUT2D eigenvalue weighted by Gasteiger charge is -2.19. The molecule has 0 atom stereocenters. The normalized spacial score (nSPS) is 11.4. The van der Waals surface area contributed by atoms with E-state index in [1.165, 1.54) is 17.7 Å². The molecule has 2 nitrogen and oxygen atoms in total. The second kappa shape index (κ2) is 5.53. The molecule has 0 amide bonds. The van der Waals surface area contributed by atoms with Crippen molar-refractivity contribution in [2.45, 2.75) is 32.7 Å². The van der Waals surface area contributed by atoms with Gasteiger partial charge in [0.2, 0.25) is 0 Å². The summed E-state index contributed by atoms with van der Waals surface area (Å²) in [5.41, 5.74) is 3.20. The van der Waals surface area contributed by atoms with E-state index in [0.29, 0.717) is 6.54 Å². The number of phenols is 1. The average Bonchev–Trinajstić information content (AvgIpc) is 2.40. The number of hydrogen-bond acceptors (Lipinski definition) is 2. The van der Waals surface area contributed by atoms with Crippen LogP contribution in [-0.2, 0) is 12.0 Å². The molecule has 0 aliphatic carbocycles. The molecule has 2 N–H and O–H groups in total. The zero-order valence-corrected chi connectivity index (χ0v) is 12.1. The molecule has 2 rings (SSSR count). The van der Waals surface area contributed by atoms with Crippen LogP contribution >= 0.6 is 0 Å². The number of anilines is 1. The van der Waals surface area contributed by atoms with Crippen LogP contribution in [0.15, 0.2) is 42.5 Å². The Labute approximate surface area is 119 Å². The van der Waals surface area contributed by atoms with Crippen molar-refractivity contribution in [2.75, 3.05) is 5.32 Å². The first-order valence-electron chi connectivity index (χ1n) is 6.68. The van der Waals surface area contributed by atoms with E-state index in [0.717, 1.165) is 11.3 Å². The maximum absolute atomic E-state index is 13.2. The molecule has 2 aromatic rings. The van der Waals surface area contributed by atoms with Crippen LogP contribution in [0.2, 0.25) is 0 Å². The molecule has 0 spiro atoms. The summed E-state index contributed by atoms with van der Waals surface area (Å²) in [5, 5.41) is 12.4. The van der Waals surface area contributed by atoms with E-state index < -0.39 is 5.82 Å². The van der Waals surface area contributed by atoms with E-state index >= 15 is 0 Å². The van der Waals surface area contributed by atoms with Crippen molar-refractivity contribution >= 4 is 5.69 Å². The third-order valence-electron chi connectivity index (χ3n) is 3.26. The molecule has 3 heteroatoms. The third-order valence-corrected chi connectivity index (χ3v) is 3.26. The molecule has 0 aliphatic rings. The SMILES string of the molecule is CC(C)(C)c1ccc(NCc2ccc(O)c(F)c2)cc1. The van der Waals surface area contributed by atoms with E-state index in [-0.39, 0.29) is 11.2 Å². The smallest absolute Gasteiger partial charge is 0.165 e. The van der Waals surface area contributed by atoms with Crippen molar-refractivity contribution in [3.63, 3.8) is 0 Å². The van der Waals surface area contributed by atoms with Gasteiger partial charge in [0.15, 0.2) is 11.6 Å². The van der Waals surface area contributed by atoms with Gasteiger partial charge >= 0.3 is 0 Å². The molecule has 0 radical (unpaired) electrons. The summed E-state index contributed by atoms with van der Waals surface area (Å²) in [6.45, 7) is 7.05. The molecular weight excluding hydrogens is 253 g/mol. The van der Waals surface area contributed by atoms with Crippen LogP contribution < -0.4 is 5.32 Å². The first-order chi connectivity index (χ1) is 9.36. The van der Waals surface area contributed by atoms with Gasteiger partial charge in [-0.2, -0.15) is 0 Å². The van der Waals surface area contributed by atoms with E-state index in [1.54, 1.807) is 6.07 Å². The van der Waals surface area contributed by atoms with Gasteiger partial charge in [-0.25, -0.2) is 4.39 Å². The second-order valence-electron chi connectivity index (χ2n) is 5.97. The maximum Gasteiger partial charge on any atom is 0.165 e. The Bertz CT molecular complexity index is 585. The van der Waals surface area contributed by atoms with Crippen molar-refractivity contribution in [1.82, 2.24) is 0 Å². The summed E-state index contributed by atoms with van der Waals surface area (Å²) >= 11 is 0. The van der Waals surface area contributed by atoms with Gasteiger partial charge in [0.1, 0.15) is 0 Å². The molecule has 0 saturated heterocycles. The van der Waals surface area contributed by atoms with E-state index in [1.807, 2.05) is 12.1 Å². The highest BCUT2D eigenvalue weighted by Crippen LogP contribution is 2.24. The molecule has 0 heterocycles. The summed E-state index contributed by atoms with van der Waals surface area (Å²) in [4.78, 5) is 0. The van der Waals surface area contributed by atoms with Crippen molar-refractivity contribution in [3.8, 4) is 5.75 Å². The van der Waals surface area contributed by atoms with Crippen LogP contribution in [-0.4, -0.2) is 5.11 Å². The van der Waals surface area contributed by atoms with E-state index in [2.05, 4.69) is 38.2 Å². The molecule has 20 heavy (non-hydrogen) atoms. The molecule has 0 aliphatic heterocycles. The number of phenolic OH excluding ortho intramolecular Hbond substituents is 1. The van der Waals surface area contributed by atoms with Gasteiger partial charge in [0.25, 0.3) is 0 Å². The van der Waals surface area contributed by atoms with Crippen LogP contribution in [0.1, 0.15) is 31.9 Å². The number of benzene rings is 2. The van der Waals surface area contributed by atoms with Gasteiger partial charge < -0.3 is 10.4 Å². The third kappa shape index (κ3) is 3.50. The van der Waals surface area contributed by atoms with Crippen LogP contribution in [0.4, 0.5) is 10.1 Å². The minimum atomic E-state index is -0.590. The summed E-state index contributed by atoms with van der Waals surface area (Å²) < 4.78 is 13.2. The molecule has 2 aromatic carbocycles. The Kier molecular flexibility index (Phi) is 3.98. The molecule has 0 bridgehead atoms. The average molecular weight is 273 g/mol. The van der Waals surface area contributed by atoms with E-state index in [9.17, 15) is 4.39 Å². The quantitative estimate of drug-likeness (QED) is 0.866. The fourth-order valence-corrected chi connectivity index (χ4v) is 1.95. The predicted octanol–water partition coefficient (Wildman–Crippen LogP) is 4.44. The predicted molar refractivity (Wildman–Crippen MR) is 80.5 cm³/mol. The molecule has 0 aromatic heterocycles. The van der Waals surface area contributed by atoms with Gasteiger partial charge in [-0.1, -0.05) is 39.0 Å². The first-order valence-corrected chi connectivity index (χ1v) is 6.68. The number of nitrogens with one attached hydrogen (secondary N) is 1. The summed E-state index contributed by atoms with van der Waals surface area (Å²) in [6, 6.07) is 12.7. The zero-order chi connectivity index (χ0) is 14.8. The van der Waals surface area contributed by atoms with Gasteiger partial charge in [-0.3, -0.25) is 0 Å². The van der Waals surface area contributed by atoms with Crippen LogP contribution in [0.25, 0.3) is 0 Å². The molecule has 0 saturated carbocycles. The highest BCUT2D eigenvalue weighted by molar-refractivity contribution is 5.46. The van der Waals surface area contributed by atoms with Crippen molar-refractivity contribution in [2.24, 2.45) is 0 Å². The van der Waals surface area contributed by atoms with Crippen LogP contribution in [0, 0.1) is 5.82 Å². The second-order valence-corrected chi connectivity index (χ2v) is 5.97. The Morgan fingerprint density at radius 3 is 2.25 bits per heavy atom. The minimum absolute atomic E-state index is 0.138. The minimum Gasteiger partial charge on any atom is -0.505 e. The summed E-state index contributed by atoms with van der Waals surface area (Å²) in [6.07, 6.45) is 0. The molecule has 106 valence electrons. The number of aromatic hydroxyl groups is 1. The van der Waals surface area contributed by atoms with Gasteiger partial charge in [0, 0.05) is 12.2 Å². The van der Waals surface area contributed by atoms with Crippen LogP contribution in [0.5, 0.6) is 5.75 Å². The maximum atomic E-state index is 13.2. The Morgan fingerprint density at radius 1 is 1.05 bits per heavy atom. The van der Waals surface area contributed by atoms with Crippen molar-refractivity contribution < 1.29 is 9.50 Å². The lowest BCUT2D eigenvalue weighted by atomic mass is 9.87. The van der Waals surface area contributed by atoms with Gasteiger partial charge in [0.05, 0.1) is 0 Å². The summed E-state index contributed by atoms with van der Waals surface area (Å²) in [7, 11) is 0. The van der Waals surface area contributed by atoms with Crippen molar-refractivity contribution in [1.29, 1.82) is 0 Å². The molecule has 0 fully saturated rings. The Morgan fingerprint density at radius 2 is 1.70 bits per heavy atom. The largest absolute Gasteiger partial charge is 0.505 e. The zero-order valence-electron chi connectivity index (χ0n) is 12.1. The Hall–Kier alpha value is -2.03. The number of hydrogen-bond donors (Lipinski definition) is 2. The monoisotopic (exact) mass is 273 g/mol. The lowest BCUT2D eigenvalue weighted by molar-refractivity contribution is 0.432. The highest BCUT2D eigenvalue weighted by atomic mass is 19.1.